The lowest BCUT2D eigenvalue weighted by Crippen LogP contribution is -2.42. The summed E-state index contributed by atoms with van der Waals surface area (Å²) in [5, 5.41) is 13.8. The summed E-state index contributed by atoms with van der Waals surface area (Å²) < 4.78 is 13.8. The quantitative estimate of drug-likeness (QED) is 0.704. The van der Waals surface area contributed by atoms with Gasteiger partial charge in [0.25, 0.3) is 5.91 Å². The molecule has 2 unspecified atom stereocenters. The van der Waals surface area contributed by atoms with E-state index in [1.54, 1.807) is 36.4 Å². The maximum Gasteiger partial charge on any atom is 0.252 e. The second-order valence-corrected chi connectivity index (χ2v) is 8.17. The van der Waals surface area contributed by atoms with Crippen LogP contribution in [0.25, 0.3) is 0 Å². The lowest BCUT2D eigenvalue weighted by molar-refractivity contribution is 0.0917. The first-order valence-electron chi connectivity index (χ1n) is 8.85. The van der Waals surface area contributed by atoms with Crippen molar-refractivity contribution in [3.8, 4) is 0 Å². The van der Waals surface area contributed by atoms with Crippen molar-refractivity contribution in [1.82, 2.24) is 5.32 Å². The van der Waals surface area contributed by atoms with E-state index in [4.69, 9.17) is 17.3 Å². The molecule has 146 valence electrons. The molecule has 2 aromatic rings. The number of nitrogens with two attached hydrogens (primary N) is 1. The molecule has 0 aromatic heterocycles. The molecule has 27 heavy (non-hydrogen) atoms. The molecular formula is C21H26ClFN2O2. The predicted molar refractivity (Wildman–Crippen MR) is 106 cm³/mol. The van der Waals surface area contributed by atoms with Crippen molar-refractivity contribution in [3.63, 3.8) is 0 Å². The molecule has 0 fully saturated rings. The van der Waals surface area contributed by atoms with E-state index < -0.39 is 17.7 Å². The molecule has 0 saturated carbocycles. The Kier molecular flexibility index (Phi) is 6.98. The average molecular weight is 393 g/mol. The number of carbonyl (C=O) groups excluding carboxylic acids is 1. The number of rotatable bonds is 6. The molecule has 6 heteroatoms. The van der Waals surface area contributed by atoms with Gasteiger partial charge in [0, 0.05) is 28.6 Å². The number of hydrogen-bond donors (Lipinski definition) is 3. The first kappa shape index (κ1) is 21.4. The van der Waals surface area contributed by atoms with E-state index in [0.29, 0.717) is 21.7 Å². The van der Waals surface area contributed by atoms with E-state index in [1.807, 2.05) is 20.8 Å². The molecule has 0 bridgehead atoms. The number of hydrogen-bond acceptors (Lipinski definition) is 3. The molecule has 0 saturated heterocycles. The maximum atomic E-state index is 13.8. The van der Waals surface area contributed by atoms with Gasteiger partial charge in [-0.3, -0.25) is 4.79 Å². The molecule has 0 heterocycles. The number of amides is 1. The van der Waals surface area contributed by atoms with Crippen molar-refractivity contribution >= 4 is 17.5 Å². The first-order chi connectivity index (χ1) is 12.6. The highest BCUT2D eigenvalue weighted by atomic mass is 35.5. The molecule has 4 nitrogen and oxygen atoms in total. The fourth-order valence-electron chi connectivity index (χ4n) is 2.78. The number of benzene rings is 2. The van der Waals surface area contributed by atoms with Gasteiger partial charge in [-0.15, -0.1) is 0 Å². The summed E-state index contributed by atoms with van der Waals surface area (Å²) in [6.07, 6.45) is -0.572. The molecule has 2 aromatic carbocycles. The van der Waals surface area contributed by atoms with Crippen molar-refractivity contribution < 1.29 is 14.3 Å². The highest BCUT2D eigenvalue weighted by Gasteiger charge is 2.22. The Labute approximate surface area is 164 Å². The number of aliphatic hydroxyl groups is 1. The van der Waals surface area contributed by atoms with Crippen LogP contribution in [0.3, 0.4) is 0 Å². The molecule has 4 N–H and O–H groups in total. The third-order valence-corrected chi connectivity index (χ3v) is 4.38. The van der Waals surface area contributed by atoms with Crippen molar-refractivity contribution in [2.24, 2.45) is 5.73 Å². The van der Waals surface area contributed by atoms with E-state index in [0.717, 1.165) is 0 Å². The van der Waals surface area contributed by atoms with Gasteiger partial charge in [-0.2, -0.15) is 0 Å². The molecule has 1 amide bonds. The maximum absolute atomic E-state index is 13.8. The Hall–Kier alpha value is -1.95. The van der Waals surface area contributed by atoms with Crippen molar-refractivity contribution in [3.05, 3.63) is 70.0 Å². The highest BCUT2D eigenvalue weighted by Crippen LogP contribution is 2.20. The van der Waals surface area contributed by atoms with Gasteiger partial charge < -0.3 is 16.2 Å². The SMILES string of the molecule is CC(C)(C)NC(=O)c1cc(Cl)ccc1CC(O)C(N)Cc1ccccc1F. The molecule has 2 atom stereocenters. The zero-order valence-corrected chi connectivity index (χ0v) is 16.6. The Morgan fingerprint density at radius 1 is 1.19 bits per heavy atom. The van der Waals surface area contributed by atoms with Gasteiger partial charge in [-0.1, -0.05) is 35.9 Å². The van der Waals surface area contributed by atoms with Crippen LogP contribution in [0.4, 0.5) is 4.39 Å². The number of halogens is 2. The number of carbonyl (C=O) groups is 1. The molecule has 0 spiro atoms. The van der Waals surface area contributed by atoms with Crippen LogP contribution in [0.15, 0.2) is 42.5 Å². The van der Waals surface area contributed by atoms with Crippen molar-refractivity contribution in [1.29, 1.82) is 0 Å². The summed E-state index contributed by atoms with van der Waals surface area (Å²) in [6, 6.07) is 10.6. The van der Waals surface area contributed by atoms with Gasteiger partial charge in [-0.25, -0.2) is 4.39 Å². The summed E-state index contributed by atoms with van der Waals surface area (Å²) in [4.78, 5) is 12.6. The Bertz CT molecular complexity index is 805. The van der Waals surface area contributed by atoms with Crippen LogP contribution < -0.4 is 11.1 Å². The van der Waals surface area contributed by atoms with Crippen LogP contribution in [0.1, 0.15) is 42.3 Å². The molecule has 0 aliphatic heterocycles. The summed E-state index contributed by atoms with van der Waals surface area (Å²) in [5.41, 5.74) is 7.16. The summed E-state index contributed by atoms with van der Waals surface area (Å²) in [7, 11) is 0. The zero-order valence-electron chi connectivity index (χ0n) is 15.8. The third-order valence-electron chi connectivity index (χ3n) is 4.14. The topological polar surface area (TPSA) is 75.3 Å². The number of nitrogens with one attached hydrogen (secondary N) is 1. The normalized spacial score (nSPS) is 13.9. The third kappa shape index (κ3) is 6.31. The summed E-state index contributed by atoms with van der Waals surface area (Å²) in [6.45, 7) is 5.65. The first-order valence-corrected chi connectivity index (χ1v) is 9.22. The van der Waals surface area contributed by atoms with Crippen molar-refractivity contribution in [2.45, 2.75) is 51.3 Å². The van der Waals surface area contributed by atoms with Gasteiger partial charge in [-0.05, 0) is 56.5 Å². The minimum absolute atomic E-state index is 0.166. The Morgan fingerprint density at radius 3 is 2.48 bits per heavy atom. The monoisotopic (exact) mass is 392 g/mol. The minimum Gasteiger partial charge on any atom is -0.391 e. The zero-order chi connectivity index (χ0) is 20.2. The number of aliphatic hydroxyl groups excluding tert-OH is 1. The lowest BCUT2D eigenvalue weighted by Gasteiger charge is -2.23. The lowest BCUT2D eigenvalue weighted by atomic mass is 9.94. The van der Waals surface area contributed by atoms with E-state index in [2.05, 4.69) is 5.32 Å². The fraction of sp³-hybridized carbons (Fsp3) is 0.381. The smallest absolute Gasteiger partial charge is 0.252 e. The van der Waals surface area contributed by atoms with E-state index in [9.17, 15) is 14.3 Å². The van der Waals surface area contributed by atoms with Gasteiger partial charge in [0.2, 0.25) is 0 Å². The summed E-state index contributed by atoms with van der Waals surface area (Å²) in [5.74, 6) is -0.619. The van der Waals surface area contributed by atoms with Crippen molar-refractivity contribution in [2.75, 3.05) is 0 Å². The van der Waals surface area contributed by atoms with E-state index in [1.165, 1.54) is 6.07 Å². The van der Waals surface area contributed by atoms with Gasteiger partial charge in [0.1, 0.15) is 5.82 Å². The molecule has 0 aliphatic rings. The summed E-state index contributed by atoms with van der Waals surface area (Å²) >= 11 is 6.05. The average Bonchev–Trinajstić information content (AvgIpc) is 2.56. The van der Waals surface area contributed by atoms with E-state index in [-0.39, 0.29) is 24.6 Å². The van der Waals surface area contributed by atoms with Gasteiger partial charge in [0.15, 0.2) is 0 Å². The standard InChI is InChI=1S/C21H26ClFN2O2/c1-21(2,3)25-20(27)16-12-15(22)9-8-13(16)11-19(26)18(24)10-14-6-4-5-7-17(14)23/h4-9,12,18-19,26H,10-11,24H2,1-3H3,(H,25,27). The molecule has 0 radical (unpaired) electrons. The largest absolute Gasteiger partial charge is 0.391 e. The highest BCUT2D eigenvalue weighted by molar-refractivity contribution is 6.31. The van der Waals surface area contributed by atoms with Gasteiger partial charge in [0.05, 0.1) is 6.10 Å². The molecular weight excluding hydrogens is 367 g/mol. The van der Waals surface area contributed by atoms with Gasteiger partial charge >= 0.3 is 0 Å². The van der Waals surface area contributed by atoms with Crippen LogP contribution in [0.5, 0.6) is 0 Å². The predicted octanol–water partition coefficient (Wildman–Crippen LogP) is 3.48. The molecule has 2 rings (SSSR count). The van der Waals surface area contributed by atoms with E-state index >= 15 is 0 Å². The van der Waals surface area contributed by atoms with Crippen LogP contribution >= 0.6 is 11.6 Å². The Balaban J connectivity index is 2.16. The second kappa shape index (κ2) is 8.83. The van der Waals surface area contributed by atoms with Crippen LogP contribution in [-0.2, 0) is 12.8 Å². The minimum atomic E-state index is -0.938. The second-order valence-electron chi connectivity index (χ2n) is 7.74. The fourth-order valence-corrected chi connectivity index (χ4v) is 2.95. The Morgan fingerprint density at radius 2 is 1.85 bits per heavy atom. The van der Waals surface area contributed by atoms with Crippen LogP contribution in [0, 0.1) is 5.82 Å². The molecule has 0 aliphatic carbocycles. The van der Waals surface area contributed by atoms with Crippen LogP contribution in [-0.4, -0.2) is 28.7 Å². The van der Waals surface area contributed by atoms with Crippen LogP contribution in [0.2, 0.25) is 5.02 Å².